The maximum atomic E-state index is 8.92. The summed E-state index contributed by atoms with van der Waals surface area (Å²) >= 11 is 0. The molecule has 5 heteroatoms. The standard InChI is InChI=1S/C13H14N4O/c1-18-12-3-2-10(7-14)6-11(12)9-17-5-4-16-13(17)8-15/h2-6H,8-9,15H2,1H3. The van der Waals surface area contributed by atoms with E-state index in [1.54, 1.807) is 25.4 Å². The van der Waals surface area contributed by atoms with Gasteiger partial charge in [-0.3, -0.25) is 0 Å². The van der Waals surface area contributed by atoms with E-state index in [1.807, 2.05) is 16.8 Å². The van der Waals surface area contributed by atoms with Gasteiger partial charge in [-0.25, -0.2) is 4.98 Å². The highest BCUT2D eigenvalue weighted by Gasteiger charge is 2.07. The lowest BCUT2D eigenvalue weighted by atomic mass is 10.1. The first-order chi connectivity index (χ1) is 8.78. The Morgan fingerprint density at radius 3 is 3.00 bits per heavy atom. The monoisotopic (exact) mass is 242 g/mol. The normalized spacial score (nSPS) is 10.1. The number of nitriles is 1. The molecule has 1 aromatic carbocycles. The highest BCUT2D eigenvalue weighted by Crippen LogP contribution is 2.21. The summed E-state index contributed by atoms with van der Waals surface area (Å²) in [6, 6.07) is 7.48. The number of imidazole rings is 1. The lowest BCUT2D eigenvalue weighted by Gasteiger charge is -2.11. The van der Waals surface area contributed by atoms with Gasteiger partial charge in [0, 0.05) is 18.0 Å². The zero-order chi connectivity index (χ0) is 13.0. The van der Waals surface area contributed by atoms with Gasteiger partial charge < -0.3 is 15.0 Å². The molecule has 0 saturated carbocycles. The topological polar surface area (TPSA) is 76.9 Å². The van der Waals surface area contributed by atoms with Crippen molar-refractivity contribution in [2.24, 2.45) is 5.73 Å². The third-order valence-electron chi connectivity index (χ3n) is 2.73. The van der Waals surface area contributed by atoms with E-state index in [0.29, 0.717) is 18.7 Å². The van der Waals surface area contributed by atoms with Gasteiger partial charge >= 0.3 is 0 Å². The van der Waals surface area contributed by atoms with Crippen molar-refractivity contribution in [3.05, 3.63) is 47.5 Å². The summed E-state index contributed by atoms with van der Waals surface area (Å²) in [5, 5.41) is 8.92. The average molecular weight is 242 g/mol. The second kappa shape index (κ2) is 5.34. The van der Waals surface area contributed by atoms with Gasteiger partial charge in [-0.2, -0.15) is 5.26 Å². The SMILES string of the molecule is COc1ccc(C#N)cc1Cn1ccnc1CN. The minimum atomic E-state index is 0.382. The second-order valence-corrected chi connectivity index (χ2v) is 3.81. The van der Waals surface area contributed by atoms with E-state index in [4.69, 9.17) is 15.7 Å². The Morgan fingerprint density at radius 2 is 2.33 bits per heavy atom. The fraction of sp³-hybridized carbons (Fsp3) is 0.231. The van der Waals surface area contributed by atoms with Crippen LogP contribution in [0.5, 0.6) is 5.75 Å². The number of aromatic nitrogens is 2. The summed E-state index contributed by atoms with van der Waals surface area (Å²) in [5.74, 6) is 1.56. The fourth-order valence-corrected chi connectivity index (χ4v) is 1.83. The summed E-state index contributed by atoms with van der Waals surface area (Å²) in [4.78, 5) is 4.16. The molecule has 0 aliphatic carbocycles. The maximum Gasteiger partial charge on any atom is 0.123 e. The van der Waals surface area contributed by atoms with Gasteiger partial charge in [0.15, 0.2) is 0 Å². The van der Waals surface area contributed by atoms with Gasteiger partial charge in [0.1, 0.15) is 11.6 Å². The Labute approximate surface area is 105 Å². The lowest BCUT2D eigenvalue weighted by molar-refractivity contribution is 0.408. The Kier molecular flexibility index (Phi) is 3.60. The van der Waals surface area contributed by atoms with Crippen LogP contribution >= 0.6 is 0 Å². The van der Waals surface area contributed by atoms with Crippen LogP contribution in [0, 0.1) is 11.3 Å². The fourth-order valence-electron chi connectivity index (χ4n) is 1.83. The van der Waals surface area contributed by atoms with Crippen LogP contribution in [0.25, 0.3) is 0 Å². The van der Waals surface area contributed by atoms with E-state index in [1.165, 1.54) is 0 Å². The van der Waals surface area contributed by atoms with Crippen molar-refractivity contribution in [1.29, 1.82) is 5.26 Å². The second-order valence-electron chi connectivity index (χ2n) is 3.81. The lowest BCUT2D eigenvalue weighted by Crippen LogP contribution is -2.09. The van der Waals surface area contributed by atoms with Crippen molar-refractivity contribution >= 4 is 0 Å². The number of benzene rings is 1. The molecule has 0 aliphatic heterocycles. The minimum absolute atomic E-state index is 0.382. The van der Waals surface area contributed by atoms with Crippen LogP contribution in [0.15, 0.2) is 30.6 Å². The first-order valence-electron chi connectivity index (χ1n) is 5.55. The highest BCUT2D eigenvalue weighted by atomic mass is 16.5. The number of ether oxygens (including phenoxy) is 1. The predicted molar refractivity (Wildman–Crippen MR) is 66.9 cm³/mol. The molecule has 1 heterocycles. The van der Waals surface area contributed by atoms with Crippen molar-refractivity contribution < 1.29 is 4.74 Å². The van der Waals surface area contributed by atoms with E-state index < -0.39 is 0 Å². The van der Waals surface area contributed by atoms with Crippen molar-refractivity contribution in [1.82, 2.24) is 9.55 Å². The van der Waals surface area contributed by atoms with E-state index in [0.717, 1.165) is 17.1 Å². The molecule has 1 aromatic heterocycles. The number of nitrogens with two attached hydrogens (primary N) is 1. The van der Waals surface area contributed by atoms with Crippen LogP contribution in [0.1, 0.15) is 17.0 Å². The molecular formula is C13H14N4O. The zero-order valence-corrected chi connectivity index (χ0v) is 10.1. The summed E-state index contributed by atoms with van der Waals surface area (Å²) in [7, 11) is 1.61. The zero-order valence-electron chi connectivity index (χ0n) is 10.1. The molecule has 0 unspecified atom stereocenters. The van der Waals surface area contributed by atoms with Crippen LogP contribution < -0.4 is 10.5 Å². The Balaban J connectivity index is 2.36. The van der Waals surface area contributed by atoms with Gasteiger partial charge in [0.25, 0.3) is 0 Å². The van der Waals surface area contributed by atoms with Crippen molar-refractivity contribution in [2.45, 2.75) is 13.1 Å². The molecule has 92 valence electrons. The smallest absolute Gasteiger partial charge is 0.123 e. The molecule has 0 atom stereocenters. The van der Waals surface area contributed by atoms with Gasteiger partial charge in [-0.1, -0.05) is 0 Å². The molecule has 5 nitrogen and oxygen atoms in total. The highest BCUT2D eigenvalue weighted by molar-refractivity contribution is 5.42. The molecule has 2 aromatic rings. The number of methoxy groups -OCH3 is 1. The summed E-state index contributed by atoms with van der Waals surface area (Å²) < 4.78 is 7.24. The van der Waals surface area contributed by atoms with Crippen LogP contribution in [0.4, 0.5) is 0 Å². The first-order valence-corrected chi connectivity index (χ1v) is 5.55. The van der Waals surface area contributed by atoms with Crippen LogP contribution in [0.3, 0.4) is 0 Å². The molecule has 0 fully saturated rings. The Bertz CT molecular complexity index is 583. The molecule has 0 saturated heterocycles. The predicted octanol–water partition coefficient (Wildman–Crippen LogP) is 1.27. The van der Waals surface area contributed by atoms with Crippen LogP contribution in [0.2, 0.25) is 0 Å². The largest absolute Gasteiger partial charge is 0.496 e. The summed E-state index contributed by atoms with van der Waals surface area (Å²) in [6.45, 7) is 0.971. The van der Waals surface area contributed by atoms with E-state index in [9.17, 15) is 0 Å². The third kappa shape index (κ3) is 2.34. The van der Waals surface area contributed by atoms with Crippen molar-refractivity contribution in [3.8, 4) is 11.8 Å². The molecule has 0 bridgehead atoms. The molecule has 0 spiro atoms. The molecule has 0 radical (unpaired) electrons. The van der Waals surface area contributed by atoms with E-state index in [2.05, 4.69) is 11.1 Å². The number of hydrogen-bond acceptors (Lipinski definition) is 4. The molecule has 18 heavy (non-hydrogen) atoms. The maximum absolute atomic E-state index is 8.92. The van der Waals surface area contributed by atoms with Crippen molar-refractivity contribution in [2.75, 3.05) is 7.11 Å². The van der Waals surface area contributed by atoms with E-state index >= 15 is 0 Å². The number of rotatable bonds is 4. The summed E-state index contributed by atoms with van der Waals surface area (Å²) in [6.07, 6.45) is 3.57. The van der Waals surface area contributed by atoms with Gasteiger partial charge in [-0.15, -0.1) is 0 Å². The van der Waals surface area contributed by atoms with Crippen LogP contribution in [-0.4, -0.2) is 16.7 Å². The van der Waals surface area contributed by atoms with Gasteiger partial charge in [0.2, 0.25) is 0 Å². The van der Waals surface area contributed by atoms with Crippen LogP contribution in [-0.2, 0) is 13.1 Å². The minimum Gasteiger partial charge on any atom is -0.496 e. The average Bonchev–Trinajstić information content (AvgIpc) is 2.86. The summed E-state index contributed by atoms with van der Waals surface area (Å²) in [5.41, 5.74) is 7.15. The quantitative estimate of drug-likeness (QED) is 0.875. The number of hydrogen-bond donors (Lipinski definition) is 1. The van der Waals surface area contributed by atoms with E-state index in [-0.39, 0.29) is 0 Å². The first kappa shape index (κ1) is 12.1. The molecular weight excluding hydrogens is 228 g/mol. The Morgan fingerprint density at radius 1 is 1.50 bits per heavy atom. The Hall–Kier alpha value is -2.32. The van der Waals surface area contributed by atoms with Gasteiger partial charge in [-0.05, 0) is 18.2 Å². The molecule has 2 N–H and O–H groups in total. The third-order valence-corrected chi connectivity index (χ3v) is 2.73. The molecule has 0 aliphatic rings. The number of nitrogens with zero attached hydrogens (tertiary/aromatic N) is 3. The molecule has 0 amide bonds. The van der Waals surface area contributed by atoms with Crippen molar-refractivity contribution in [3.63, 3.8) is 0 Å². The van der Waals surface area contributed by atoms with Gasteiger partial charge in [0.05, 0.1) is 31.8 Å². The molecule has 2 rings (SSSR count).